The summed E-state index contributed by atoms with van der Waals surface area (Å²) in [5, 5.41) is 6.62. The molecule has 2 rings (SSSR count). The third-order valence-electron chi connectivity index (χ3n) is 3.87. The fourth-order valence-electron chi connectivity index (χ4n) is 2.55. The van der Waals surface area contributed by atoms with Gasteiger partial charge >= 0.3 is 0 Å². The summed E-state index contributed by atoms with van der Waals surface area (Å²) in [5.41, 5.74) is 2.78. The van der Waals surface area contributed by atoms with E-state index in [2.05, 4.69) is 35.8 Å². The maximum absolute atomic E-state index is 8.00. The maximum Gasteiger partial charge on any atom is 0.141 e. The molecule has 0 spiro atoms. The van der Waals surface area contributed by atoms with E-state index in [0.29, 0.717) is 5.41 Å². The topological polar surface area (TPSA) is 50.4 Å². The average molecular weight is 264 g/mol. The predicted octanol–water partition coefficient (Wildman–Crippen LogP) is 2.19. The summed E-state index contributed by atoms with van der Waals surface area (Å²) in [6.07, 6.45) is 2.39. The Balaban J connectivity index is 0.000000861. The molecule has 0 atom stereocenters. The molecule has 0 radical (unpaired) electrons. The molecular weight excluding hydrogens is 240 g/mol. The van der Waals surface area contributed by atoms with Gasteiger partial charge in [0, 0.05) is 7.05 Å². The van der Waals surface area contributed by atoms with Gasteiger partial charge in [0.25, 0.3) is 0 Å². The van der Waals surface area contributed by atoms with Gasteiger partial charge in [-0.1, -0.05) is 13.0 Å². The molecule has 0 aliphatic carbocycles. The highest BCUT2D eigenvalue weighted by atomic mass is 16.5. The number of anilines is 1. The zero-order valence-corrected chi connectivity index (χ0v) is 12.1. The van der Waals surface area contributed by atoms with Crippen LogP contribution in [0.15, 0.2) is 18.2 Å². The van der Waals surface area contributed by atoms with Gasteiger partial charge in [-0.15, -0.1) is 0 Å². The number of piperidine rings is 1. The Morgan fingerprint density at radius 1 is 1.32 bits per heavy atom. The van der Waals surface area contributed by atoms with Crippen LogP contribution in [-0.2, 0) is 10.2 Å². The Morgan fingerprint density at radius 3 is 2.47 bits per heavy atom. The van der Waals surface area contributed by atoms with Gasteiger partial charge in [0.1, 0.15) is 12.5 Å². The summed E-state index contributed by atoms with van der Waals surface area (Å²) in [5.74, 6) is 0.911. The van der Waals surface area contributed by atoms with Crippen molar-refractivity contribution in [1.29, 1.82) is 0 Å². The molecule has 106 valence electrons. The highest BCUT2D eigenvalue weighted by Gasteiger charge is 2.29. The van der Waals surface area contributed by atoms with Crippen LogP contribution < -0.4 is 15.4 Å². The maximum atomic E-state index is 8.00. The predicted molar refractivity (Wildman–Crippen MR) is 79.1 cm³/mol. The van der Waals surface area contributed by atoms with Crippen LogP contribution in [0.5, 0.6) is 5.75 Å². The Labute approximate surface area is 115 Å². The molecule has 0 unspecified atom stereocenters. The zero-order chi connectivity index (χ0) is 14.3. The van der Waals surface area contributed by atoms with Crippen LogP contribution >= 0.6 is 0 Å². The fraction of sp³-hybridized carbons (Fsp3) is 0.533. The Hall–Kier alpha value is -1.55. The molecule has 0 amide bonds. The van der Waals surface area contributed by atoms with Crippen molar-refractivity contribution in [3.8, 4) is 5.75 Å². The molecule has 1 saturated heterocycles. The number of hydrogen-bond acceptors (Lipinski definition) is 4. The standard InChI is InChI=1S/C14H22N2O.CH2O/c1-14(6-8-16-9-7-14)11-4-5-13(17-3)12(10-11)15-2;1-2/h4-5,10,15-16H,6-9H2,1-3H3;1H2. The van der Waals surface area contributed by atoms with Gasteiger partial charge in [0.15, 0.2) is 0 Å². The highest BCUT2D eigenvalue weighted by Crippen LogP contribution is 2.36. The second-order valence-electron chi connectivity index (χ2n) is 4.98. The first-order valence-electron chi connectivity index (χ1n) is 6.55. The van der Waals surface area contributed by atoms with Crippen molar-refractivity contribution in [2.75, 3.05) is 32.6 Å². The smallest absolute Gasteiger partial charge is 0.141 e. The Morgan fingerprint density at radius 2 is 1.95 bits per heavy atom. The normalized spacial score (nSPS) is 17.0. The van der Waals surface area contributed by atoms with Gasteiger partial charge in [-0.2, -0.15) is 0 Å². The number of carbonyl (C=O) groups is 1. The van der Waals surface area contributed by atoms with Crippen LogP contribution in [0, 0.1) is 0 Å². The molecule has 1 aromatic rings. The summed E-state index contributed by atoms with van der Waals surface area (Å²) in [4.78, 5) is 8.00. The van der Waals surface area contributed by atoms with E-state index in [-0.39, 0.29) is 0 Å². The largest absolute Gasteiger partial charge is 0.495 e. The van der Waals surface area contributed by atoms with Crippen LogP contribution in [0.1, 0.15) is 25.3 Å². The molecule has 1 aliphatic rings. The number of benzene rings is 1. The van der Waals surface area contributed by atoms with Crippen molar-refractivity contribution in [1.82, 2.24) is 5.32 Å². The lowest BCUT2D eigenvalue weighted by Crippen LogP contribution is -2.37. The lowest BCUT2D eigenvalue weighted by atomic mass is 9.75. The van der Waals surface area contributed by atoms with E-state index in [1.54, 1.807) is 7.11 Å². The van der Waals surface area contributed by atoms with E-state index in [1.807, 2.05) is 13.8 Å². The number of methoxy groups -OCH3 is 1. The summed E-state index contributed by atoms with van der Waals surface area (Å²) in [6, 6.07) is 6.49. The van der Waals surface area contributed by atoms with Gasteiger partial charge in [-0.05, 0) is 49.0 Å². The summed E-state index contributed by atoms with van der Waals surface area (Å²) >= 11 is 0. The second kappa shape index (κ2) is 7.14. The van der Waals surface area contributed by atoms with E-state index in [1.165, 1.54) is 18.4 Å². The summed E-state index contributed by atoms with van der Waals surface area (Å²) in [7, 11) is 3.65. The molecule has 1 aromatic carbocycles. The first-order chi connectivity index (χ1) is 9.19. The molecule has 0 aromatic heterocycles. The molecule has 1 heterocycles. The number of carbonyl (C=O) groups excluding carboxylic acids is 1. The quantitative estimate of drug-likeness (QED) is 0.878. The van der Waals surface area contributed by atoms with Crippen LogP contribution in [0.25, 0.3) is 0 Å². The first kappa shape index (κ1) is 15.5. The van der Waals surface area contributed by atoms with E-state index in [0.717, 1.165) is 24.5 Å². The van der Waals surface area contributed by atoms with Crippen molar-refractivity contribution >= 4 is 12.5 Å². The van der Waals surface area contributed by atoms with Crippen molar-refractivity contribution in [2.45, 2.75) is 25.2 Å². The minimum atomic E-state index is 0.295. The third-order valence-corrected chi connectivity index (χ3v) is 3.87. The van der Waals surface area contributed by atoms with Crippen molar-refractivity contribution in [2.24, 2.45) is 0 Å². The Kier molecular flexibility index (Phi) is 5.83. The molecule has 4 nitrogen and oxygen atoms in total. The van der Waals surface area contributed by atoms with Gasteiger partial charge in [0.05, 0.1) is 12.8 Å². The highest BCUT2D eigenvalue weighted by molar-refractivity contribution is 5.58. The zero-order valence-electron chi connectivity index (χ0n) is 12.1. The van der Waals surface area contributed by atoms with E-state index < -0.39 is 0 Å². The van der Waals surface area contributed by atoms with Crippen LogP contribution in [0.4, 0.5) is 5.69 Å². The monoisotopic (exact) mass is 264 g/mol. The molecule has 1 aliphatic heterocycles. The number of nitrogens with one attached hydrogen (secondary N) is 2. The van der Waals surface area contributed by atoms with E-state index in [9.17, 15) is 0 Å². The molecule has 19 heavy (non-hydrogen) atoms. The molecular formula is C15H24N2O2. The SMILES string of the molecule is C=O.CNc1cc(C2(C)CCNCC2)ccc1OC. The van der Waals surface area contributed by atoms with Crippen LogP contribution in [0.2, 0.25) is 0 Å². The van der Waals surface area contributed by atoms with Crippen molar-refractivity contribution in [3.05, 3.63) is 23.8 Å². The molecule has 2 N–H and O–H groups in total. The van der Waals surface area contributed by atoms with Gasteiger partial charge in [-0.25, -0.2) is 0 Å². The minimum absolute atomic E-state index is 0.295. The lowest BCUT2D eigenvalue weighted by molar-refractivity contribution is -0.0979. The lowest BCUT2D eigenvalue weighted by Gasteiger charge is -2.35. The molecule has 0 saturated carbocycles. The van der Waals surface area contributed by atoms with Crippen molar-refractivity contribution < 1.29 is 9.53 Å². The molecule has 1 fully saturated rings. The van der Waals surface area contributed by atoms with E-state index in [4.69, 9.17) is 9.53 Å². The number of rotatable bonds is 3. The number of ether oxygens (including phenoxy) is 1. The van der Waals surface area contributed by atoms with Gasteiger partial charge in [-0.3, -0.25) is 0 Å². The Bertz CT molecular complexity index is 401. The average Bonchev–Trinajstić information content (AvgIpc) is 2.49. The summed E-state index contributed by atoms with van der Waals surface area (Å²) in [6.45, 7) is 6.57. The van der Waals surface area contributed by atoms with Crippen LogP contribution in [0.3, 0.4) is 0 Å². The van der Waals surface area contributed by atoms with Gasteiger partial charge in [0.2, 0.25) is 0 Å². The second-order valence-corrected chi connectivity index (χ2v) is 4.98. The fourth-order valence-corrected chi connectivity index (χ4v) is 2.55. The third kappa shape index (κ3) is 3.47. The molecule has 4 heteroatoms. The first-order valence-corrected chi connectivity index (χ1v) is 6.55. The van der Waals surface area contributed by atoms with Crippen LogP contribution in [-0.4, -0.2) is 34.0 Å². The minimum Gasteiger partial charge on any atom is -0.495 e. The molecule has 0 bridgehead atoms. The van der Waals surface area contributed by atoms with Gasteiger partial charge < -0.3 is 20.2 Å². The van der Waals surface area contributed by atoms with Crippen molar-refractivity contribution in [3.63, 3.8) is 0 Å². The number of hydrogen-bond donors (Lipinski definition) is 2. The van der Waals surface area contributed by atoms with E-state index >= 15 is 0 Å². The summed E-state index contributed by atoms with van der Waals surface area (Å²) < 4.78 is 5.34.